The maximum atomic E-state index is 12.0. The normalized spacial score (nSPS) is 11.1. The number of amides is 1. The average molecular weight is 461 g/mol. The Bertz CT molecular complexity index is 646. The highest BCUT2D eigenvalue weighted by Gasteiger charge is 2.04. The van der Waals surface area contributed by atoms with Gasteiger partial charge >= 0.3 is 0 Å². The van der Waals surface area contributed by atoms with E-state index in [0.717, 1.165) is 18.4 Å². The molecule has 1 amide bonds. The smallest absolute Gasteiger partial charge is 0.240 e. The second-order valence-corrected chi connectivity index (χ2v) is 8.84. The van der Waals surface area contributed by atoms with E-state index in [2.05, 4.69) is 17.5 Å². The largest absolute Gasteiger partial charge is 0.493 e. The monoisotopic (exact) mass is 460 g/mol. The van der Waals surface area contributed by atoms with Crippen LogP contribution in [0.4, 0.5) is 0 Å². The van der Waals surface area contributed by atoms with Crippen molar-refractivity contribution >= 4 is 12.1 Å². The van der Waals surface area contributed by atoms with E-state index < -0.39 is 0 Å². The van der Waals surface area contributed by atoms with Crippen LogP contribution in [0.25, 0.3) is 0 Å². The van der Waals surface area contributed by atoms with Crippen molar-refractivity contribution in [3.63, 3.8) is 0 Å². The summed E-state index contributed by atoms with van der Waals surface area (Å²) in [5, 5.41) is 4.06. The van der Waals surface area contributed by atoms with Crippen LogP contribution < -0.4 is 14.9 Å². The fourth-order valence-corrected chi connectivity index (χ4v) is 3.93. The number of unbranched alkanes of at least 4 members (excludes halogenated alkanes) is 14. The van der Waals surface area contributed by atoms with Gasteiger partial charge in [0.2, 0.25) is 5.91 Å². The predicted octanol–water partition coefficient (Wildman–Crippen LogP) is 7.81. The fourth-order valence-electron chi connectivity index (χ4n) is 3.93. The molecule has 5 heteroatoms. The molecule has 0 bridgehead atoms. The lowest BCUT2D eigenvalue weighted by Gasteiger charge is -2.09. The standard InChI is InChI=1S/C28H48N2O3/c1-4-6-7-8-9-10-11-12-13-14-15-16-17-18-19-20-28(31)30-29-24-25-21-22-26(33-5-2)27(23-25)32-3/h21-24H,4-20H2,1-3H3,(H,30,31). The fraction of sp³-hybridized carbons (Fsp3) is 0.714. The number of carbonyl (C=O) groups excluding carboxylic acids is 1. The SMILES string of the molecule is CCCCCCCCCCCCCCCCCC(=O)NN=Cc1ccc(OCC)c(OC)c1. The molecule has 0 saturated carbocycles. The zero-order valence-corrected chi connectivity index (χ0v) is 21.5. The van der Waals surface area contributed by atoms with Crippen molar-refractivity contribution in [2.75, 3.05) is 13.7 Å². The van der Waals surface area contributed by atoms with Crippen molar-refractivity contribution in [2.24, 2.45) is 5.10 Å². The van der Waals surface area contributed by atoms with Crippen molar-refractivity contribution in [3.05, 3.63) is 23.8 Å². The molecule has 33 heavy (non-hydrogen) atoms. The number of nitrogens with zero attached hydrogens (tertiary/aromatic N) is 1. The molecule has 1 rings (SSSR count). The first kappa shape index (κ1) is 29.0. The summed E-state index contributed by atoms with van der Waals surface area (Å²) in [6.45, 7) is 4.79. The van der Waals surface area contributed by atoms with E-state index in [1.54, 1.807) is 13.3 Å². The maximum absolute atomic E-state index is 12.0. The molecule has 0 unspecified atom stereocenters. The summed E-state index contributed by atoms with van der Waals surface area (Å²) >= 11 is 0. The molecular formula is C28H48N2O3. The molecule has 1 aromatic rings. The molecule has 0 radical (unpaired) electrons. The predicted molar refractivity (Wildman–Crippen MR) is 139 cm³/mol. The molecule has 188 valence electrons. The van der Waals surface area contributed by atoms with Crippen molar-refractivity contribution in [1.82, 2.24) is 5.43 Å². The number of hydrogen-bond acceptors (Lipinski definition) is 4. The van der Waals surface area contributed by atoms with Crippen LogP contribution in [0.15, 0.2) is 23.3 Å². The topological polar surface area (TPSA) is 59.9 Å². The molecule has 5 nitrogen and oxygen atoms in total. The Morgan fingerprint density at radius 3 is 1.88 bits per heavy atom. The molecule has 0 spiro atoms. The first-order valence-electron chi connectivity index (χ1n) is 13.3. The molecule has 1 aromatic carbocycles. The van der Waals surface area contributed by atoms with Gasteiger partial charge in [-0.15, -0.1) is 0 Å². The number of ether oxygens (including phenoxy) is 2. The van der Waals surface area contributed by atoms with E-state index in [4.69, 9.17) is 9.47 Å². The summed E-state index contributed by atoms with van der Waals surface area (Å²) in [4.78, 5) is 12.0. The van der Waals surface area contributed by atoms with Gasteiger partial charge < -0.3 is 9.47 Å². The number of rotatable bonds is 21. The van der Waals surface area contributed by atoms with E-state index >= 15 is 0 Å². The molecule has 0 atom stereocenters. The molecular weight excluding hydrogens is 412 g/mol. The van der Waals surface area contributed by atoms with Gasteiger partial charge in [0.25, 0.3) is 0 Å². The highest BCUT2D eigenvalue weighted by Crippen LogP contribution is 2.27. The summed E-state index contributed by atoms with van der Waals surface area (Å²) in [6, 6.07) is 5.58. The molecule has 0 aromatic heterocycles. The lowest BCUT2D eigenvalue weighted by atomic mass is 10.0. The number of hydrogen-bond donors (Lipinski definition) is 1. The first-order valence-corrected chi connectivity index (χ1v) is 13.3. The Morgan fingerprint density at radius 1 is 0.818 bits per heavy atom. The lowest BCUT2D eigenvalue weighted by Crippen LogP contribution is -2.16. The van der Waals surface area contributed by atoms with Crippen LogP contribution >= 0.6 is 0 Å². The third kappa shape index (κ3) is 15.4. The second-order valence-electron chi connectivity index (χ2n) is 8.84. The minimum absolute atomic E-state index is 0.0288. The minimum Gasteiger partial charge on any atom is -0.493 e. The van der Waals surface area contributed by atoms with Gasteiger partial charge in [-0.3, -0.25) is 4.79 Å². The Morgan fingerprint density at radius 2 is 1.36 bits per heavy atom. The zero-order valence-electron chi connectivity index (χ0n) is 21.5. The Hall–Kier alpha value is -2.04. The summed E-state index contributed by atoms with van der Waals surface area (Å²) in [6.07, 6.45) is 22.0. The summed E-state index contributed by atoms with van der Waals surface area (Å²) in [7, 11) is 1.61. The number of carbonyl (C=O) groups is 1. The van der Waals surface area contributed by atoms with Gasteiger partial charge in [0.05, 0.1) is 19.9 Å². The van der Waals surface area contributed by atoms with Crippen LogP contribution in [0.1, 0.15) is 122 Å². The summed E-state index contributed by atoms with van der Waals surface area (Å²) in [5.74, 6) is 1.33. The molecule has 0 aliphatic carbocycles. The van der Waals surface area contributed by atoms with E-state index in [1.807, 2.05) is 25.1 Å². The highest BCUT2D eigenvalue weighted by atomic mass is 16.5. The molecule has 0 fully saturated rings. The maximum Gasteiger partial charge on any atom is 0.240 e. The van der Waals surface area contributed by atoms with Gasteiger partial charge in [0.1, 0.15) is 0 Å². The molecule has 0 aliphatic heterocycles. The van der Waals surface area contributed by atoms with Crippen LogP contribution in [0.5, 0.6) is 11.5 Å². The first-order chi connectivity index (χ1) is 16.2. The highest BCUT2D eigenvalue weighted by molar-refractivity contribution is 5.83. The third-order valence-corrected chi connectivity index (χ3v) is 5.90. The zero-order chi connectivity index (χ0) is 24.0. The summed E-state index contributed by atoms with van der Waals surface area (Å²) in [5.41, 5.74) is 3.47. The van der Waals surface area contributed by atoms with Crippen molar-refractivity contribution in [1.29, 1.82) is 0 Å². The van der Waals surface area contributed by atoms with Crippen LogP contribution in [0.3, 0.4) is 0 Å². The van der Waals surface area contributed by atoms with E-state index in [-0.39, 0.29) is 5.91 Å². The van der Waals surface area contributed by atoms with E-state index in [0.29, 0.717) is 24.5 Å². The van der Waals surface area contributed by atoms with Gasteiger partial charge in [-0.25, -0.2) is 5.43 Å². The van der Waals surface area contributed by atoms with E-state index in [1.165, 1.54) is 83.5 Å². The van der Waals surface area contributed by atoms with Gasteiger partial charge in [-0.2, -0.15) is 5.10 Å². The van der Waals surface area contributed by atoms with Crippen LogP contribution in [-0.2, 0) is 4.79 Å². The molecule has 0 heterocycles. The second kappa shape index (κ2) is 20.6. The lowest BCUT2D eigenvalue weighted by molar-refractivity contribution is -0.121. The van der Waals surface area contributed by atoms with Crippen molar-refractivity contribution in [3.8, 4) is 11.5 Å². The van der Waals surface area contributed by atoms with Gasteiger partial charge in [0.15, 0.2) is 11.5 Å². The number of benzene rings is 1. The van der Waals surface area contributed by atoms with Gasteiger partial charge in [0, 0.05) is 6.42 Å². The van der Waals surface area contributed by atoms with E-state index in [9.17, 15) is 4.79 Å². The van der Waals surface area contributed by atoms with Crippen molar-refractivity contribution in [2.45, 2.75) is 117 Å². The molecule has 0 saturated heterocycles. The number of hydrazone groups is 1. The van der Waals surface area contributed by atoms with Crippen LogP contribution in [0.2, 0.25) is 0 Å². The quantitative estimate of drug-likeness (QED) is 0.116. The Labute approximate surface area is 202 Å². The van der Waals surface area contributed by atoms with Crippen LogP contribution in [-0.4, -0.2) is 25.8 Å². The van der Waals surface area contributed by atoms with Gasteiger partial charge in [-0.1, -0.05) is 96.8 Å². The number of nitrogens with one attached hydrogen (secondary N) is 1. The Balaban J connectivity index is 1.98. The molecule has 0 aliphatic rings. The number of methoxy groups -OCH3 is 1. The average Bonchev–Trinajstić information content (AvgIpc) is 2.82. The van der Waals surface area contributed by atoms with Crippen molar-refractivity contribution < 1.29 is 14.3 Å². The third-order valence-electron chi connectivity index (χ3n) is 5.90. The van der Waals surface area contributed by atoms with Crippen LogP contribution in [0, 0.1) is 0 Å². The Kier molecular flexibility index (Phi) is 18.1. The summed E-state index contributed by atoms with van der Waals surface area (Å²) < 4.78 is 10.8. The minimum atomic E-state index is -0.0288. The van der Waals surface area contributed by atoms with Gasteiger partial charge in [-0.05, 0) is 37.1 Å². The molecule has 1 N–H and O–H groups in total.